The van der Waals surface area contributed by atoms with Crippen LogP contribution in [0.5, 0.6) is 0 Å². The van der Waals surface area contributed by atoms with E-state index >= 15 is 0 Å². The van der Waals surface area contributed by atoms with Gasteiger partial charge in [0.15, 0.2) is 0 Å². The van der Waals surface area contributed by atoms with E-state index in [4.69, 9.17) is 0 Å². The standard InChI is InChI=1S/C14H12N2O3S2/c1-10-3-5-11(6-4-10)12(9-15)13-7-8-14(20-13)16-19-21(2,17)18/h3-8H,1-2H3/b13-12+,16-14?. The molecule has 5 nitrogen and oxygen atoms in total. The van der Waals surface area contributed by atoms with Crippen molar-refractivity contribution in [2.45, 2.75) is 6.92 Å². The Morgan fingerprint density at radius 1 is 1.29 bits per heavy atom. The van der Waals surface area contributed by atoms with Gasteiger partial charge in [0.2, 0.25) is 0 Å². The molecule has 21 heavy (non-hydrogen) atoms. The van der Waals surface area contributed by atoms with Crippen LogP contribution in [0.3, 0.4) is 0 Å². The van der Waals surface area contributed by atoms with Crippen LogP contribution in [0.15, 0.2) is 46.5 Å². The van der Waals surface area contributed by atoms with Gasteiger partial charge < -0.3 is 0 Å². The van der Waals surface area contributed by atoms with E-state index in [1.807, 2.05) is 31.2 Å². The quantitative estimate of drug-likeness (QED) is 0.632. The second-order valence-electron chi connectivity index (χ2n) is 4.36. The molecule has 0 aliphatic carbocycles. The van der Waals surface area contributed by atoms with E-state index in [9.17, 15) is 13.7 Å². The van der Waals surface area contributed by atoms with Crippen LogP contribution in [0, 0.1) is 18.3 Å². The van der Waals surface area contributed by atoms with Crippen LogP contribution in [-0.2, 0) is 14.4 Å². The maximum atomic E-state index is 10.9. The molecule has 0 fully saturated rings. The van der Waals surface area contributed by atoms with Gasteiger partial charge in [0.05, 0.1) is 11.8 Å². The zero-order valence-corrected chi connectivity index (χ0v) is 13.0. The molecule has 0 radical (unpaired) electrons. The summed E-state index contributed by atoms with van der Waals surface area (Å²) in [5.74, 6) is 0. The van der Waals surface area contributed by atoms with Crippen molar-refractivity contribution in [2.75, 3.05) is 6.26 Å². The molecule has 1 aromatic rings. The molecule has 1 aliphatic heterocycles. The second kappa shape index (κ2) is 6.16. The minimum Gasteiger partial charge on any atom is -0.268 e. The third-order valence-electron chi connectivity index (χ3n) is 2.55. The molecular weight excluding hydrogens is 308 g/mol. The van der Waals surface area contributed by atoms with Crippen molar-refractivity contribution in [1.29, 1.82) is 5.26 Å². The first-order valence-corrected chi connectivity index (χ1v) is 8.56. The molecular formula is C14H12N2O3S2. The van der Waals surface area contributed by atoms with Crippen LogP contribution >= 0.6 is 11.8 Å². The highest BCUT2D eigenvalue weighted by atomic mass is 32.2. The number of nitriles is 1. The number of hydrogen-bond acceptors (Lipinski definition) is 6. The number of allylic oxidation sites excluding steroid dienone is 2. The number of hydrogen-bond donors (Lipinski definition) is 0. The maximum absolute atomic E-state index is 10.9. The molecule has 0 saturated heterocycles. The first-order chi connectivity index (χ1) is 9.89. The summed E-state index contributed by atoms with van der Waals surface area (Å²) in [4.78, 5) is 0.706. The predicted octanol–water partition coefficient (Wildman–Crippen LogP) is 2.82. The fourth-order valence-corrected chi connectivity index (χ4v) is 2.70. The monoisotopic (exact) mass is 320 g/mol. The van der Waals surface area contributed by atoms with E-state index in [0.29, 0.717) is 15.5 Å². The van der Waals surface area contributed by atoms with Crippen LogP contribution in [0.25, 0.3) is 5.57 Å². The van der Waals surface area contributed by atoms with Crippen LogP contribution in [-0.4, -0.2) is 19.7 Å². The molecule has 0 spiro atoms. The van der Waals surface area contributed by atoms with Crippen molar-refractivity contribution in [2.24, 2.45) is 5.16 Å². The van der Waals surface area contributed by atoms with Crippen molar-refractivity contribution in [3.8, 4) is 6.07 Å². The van der Waals surface area contributed by atoms with Crippen molar-refractivity contribution >= 4 is 32.5 Å². The van der Waals surface area contributed by atoms with E-state index in [-0.39, 0.29) is 0 Å². The molecule has 1 aliphatic rings. The van der Waals surface area contributed by atoms with E-state index in [1.165, 1.54) is 11.8 Å². The number of aryl methyl sites for hydroxylation is 1. The fourth-order valence-electron chi connectivity index (χ4n) is 1.60. The lowest BCUT2D eigenvalue weighted by molar-refractivity contribution is 0.345. The molecule has 0 atom stereocenters. The minimum absolute atomic E-state index is 0.385. The van der Waals surface area contributed by atoms with Crippen molar-refractivity contribution in [1.82, 2.24) is 0 Å². The van der Waals surface area contributed by atoms with Gasteiger partial charge in [-0.1, -0.05) is 46.7 Å². The number of oxime groups is 1. The summed E-state index contributed by atoms with van der Waals surface area (Å²) in [6.45, 7) is 1.97. The normalized spacial score (nSPS) is 18.6. The van der Waals surface area contributed by atoms with E-state index in [1.54, 1.807) is 12.2 Å². The molecule has 0 bridgehead atoms. The van der Waals surface area contributed by atoms with Gasteiger partial charge in [-0.05, 0) is 24.6 Å². The van der Waals surface area contributed by atoms with Gasteiger partial charge in [-0.2, -0.15) is 13.7 Å². The summed E-state index contributed by atoms with van der Waals surface area (Å²) in [7, 11) is -3.63. The van der Waals surface area contributed by atoms with Crippen LogP contribution in [0.1, 0.15) is 11.1 Å². The average Bonchev–Trinajstić information content (AvgIpc) is 2.87. The van der Waals surface area contributed by atoms with Crippen molar-refractivity contribution in [3.63, 3.8) is 0 Å². The third-order valence-corrected chi connectivity index (χ3v) is 3.88. The van der Waals surface area contributed by atoms with E-state index in [0.717, 1.165) is 17.4 Å². The summed E-state index contributed by atoms with van der Waals surface area (Å²) in [6.07, 6.45) is 4.24. The van der Waals surface area contributed by atoms with Crippen LogP contribution < -0.4 is 0 Å². The maximum Gasteiger partial charge on any atom is 0.325 e. The summed E-state index contributed by atoms with van der Waals surface area (Å²) < 4.78 is 26.2. The Morgan fingerprint density at radius 2 is 1.95 bits per heavy atom. The molecule has 7 heteroatoms. The second-order valence-corrected chi connectivity index (χ2v) is 6.98. The lowest BCUT2D eigenvalue weighted by Crippen LogP contribution is -1.98. The van der Waals surface area contributed by atoms with Crippen molar-refractivity contribution in [3.05, 3.63) is 52.4 Å². The smallest absolute Gasteiger partial charge is 0.268 e. The third kappa shape index (κ3) is 4.21. The highest BCUT2D eigenvalue weighted by molar-refractivity contribution is 8.18. The zero-order valence-electron chi connectivity index (χ0n) is 11.4. The fraction of sp³-hybridized carbons (Fsp3) is 0.143. The molecule has 0 amide bonds. The summed E-state index contributed by atoms with van der Waals surface area (Å²) in [5, 5.41) is 13.2. The lowest BCUT2D eigenvalue weighted by atomic mass is 10.1. The Labute approximate surface area is 127 Å². The number of rotatable bonds is 3. The summed E-state index contributed by atoms with van der Waals surface area (Å²) in [5.41, 5.74) is 2.43. The largest absolute Gasteiger partial charge is 0.325 e. The highest BCUT2D eigenvalue weighted by Crippen LogP contribution is 2.33. The zero-order chi connectivity index (χ0) is 15.5. The first-order valence-electron chi connectivity index (χ1n) is 5.93. The highest BCUT2D eigenvalue weighted by Gasteiger charge is 2.16. The number of nitrogens with zero attached hydrogens (tertiary/aromatic N) is 2. The van der Waals surface area contributed by atoms with Gasteiger partial charge >= 0.3 is 10.1 Å². The van der Waals surface area contributed by atoms with Gasteiger partial charge in [-0.25, -0.2) is 0 Å². The van der Waals surface area contributed by atoms with Gasteiger partial charge in [-0.3, -0.25) is 4.28 Å². The first kappa shape index (κ1) is 15.4. The van der Waals surface area contributed by atoms with Crippen LogP contribution in [0.4, 0.5) is 0 Å². The Morgan fingerprint density at radius 3 is 2.52 bits per heavy atom. The molecule has 0 saturated carbocycles. The molecule has 0 N–H and O–H groups in total. The Kier molecular flexibility index (Phi) is 4.50. The topological polar surface area (TPSA) is 79.5 Å². The average molecular weight is 320 g/mol. The Bertz CT molecular complexity index is 783. The lowest BCUT2D eigenvalue weighted by Gasteiger charge is -2.03. The Hall–Kier alpha value is -2.04. The number of benzene rings is 1. The van der Waals surface area contributed by atoms with Gasteiger partial charge in [0.1, 0.15) is 11.1 Å². The number of thioether (sulfide) groups is 1. The summed E-state index contributed by atoms with van der Waals surface area (Å²) >= 11 is 1.19. The molecule has 1 aromatic carbocycles. The summed E-state index contributed by atoms with van der Waals surface area (Å²) in [6, 6.07) is 9.77. The molecule has 0 unspecified atom stereocenters. The predicted molar refractivity (Wildman–Crippen MR) is 83.8 cm³/mol. The van der Waals surface area contributed by atoms with Gasteiger partial charge in [-0.15, -0.1) is 0 Å². The molecule has 2 rings (SSSR count). The van der Waals surface area contributed by atoms with Gasteiger partial charge in [0.25, 0.3) is 0 Å². The molecule has 1 heterocycles. The molecule has 0 aromatic heterocycles. The van der Waals surface area contributed by atoms with E-state index < -0.39 is 10.1 Å². The SMILES string of the molecule is Cc1ccc(/C(C#N)=C2\C=CC(=NOS(C)(=O)=O)S2)cc1. The van der Waals surface area contributed by atoms with Crippen molar-refractivity contribution < 1.29 is 12.7 Å². The molecule has 108 valence electrons. The Balaban J connectivity index is 2.27. The van der Waals surface area contributed by atoms with Gasteiger partial charge in [0, 0.05) is 4.91 Å². The van der Waals surface area contributed by atoms with Crippen LogP contribution in [0.2, 0.25) is 0 Å². The minimum atomic E-state index is -3.63. The van der Waals surface area contributed by atoms with E-state index in [2.05, 4.69) is 15.5 Å².